The Bertz CT molecular complexity index is 478. The van der Waals surface area contributed by atoms with Gasteiger partial charge < -0.3 is 15.0 Å². The van der Waals surface area contributed by atoms with Crippen LogP contribution in [0.4, 0.5) is 0 Å². The van der Waals surface area contributed by atoms with E-state index in [1.54, 1.807) is 18.9 Å². The third kappa shape index (κ3) is 5.85. The van der Waals surface area contributed by atoms with Gasteiger partial charge in [0.25, 0.3) is 5.91 Å². The molecule has 22 heavy (non-hydrogen) atoms. The molecule has 0 aliphatic heterocycles. The number of nitrogens with one attached hydrogen (secondary N) is 1. The van der Waals surface area contributed by atoms with Gasteiger partial charge in [-0.1, -0.05) is 19.9 Å². The Morgan fingerprint density at radius 1 is 1.32 bits per heavy atom. The molecule has 0 radical (unpaired) electrons. The van der Waals surface area contributed by atoms with E-state index in [0.29, 0.717) is 12.5 Å². The highest BCUT2D eigenvalue weighted by Crippen LogP contribution is 2.24. The van der Waals surface area contributed by atoms with Crippen molar-refractivity contribution in [1.29, 1.82) is 0 Å². The first-order chi connectivity index (χ1) is 9.86. The number of aryl methyl sites for hydroxylation is 1. The summed E-state index contributed by atoms with van der Waals surface area (Å²) in [4.78, 5) is 13.9. The fourth-order valence-corrected chi connectivity index (χ4v) is 2.32. The van der Waals surface area contributed by atoms with Crippen LogP contribution >= 0.6 is 12.4 Å². The molecule has 1 rings (SSSR count). The van der Waals surface area contributed by atoms with Crippen LogP contribution in [0.1, 0.15) is 37.8 Å². The molecule has 1 unspecified atom stereocenters. The zero-order valence-electron chi connectivity index (χ0n) is 14.5. The number of likely N-dealkylation sites (N-methyl/N-ethyl adjacent to an activating group) is 2. The summed E-state index contributed by atoms with van der Waals surface area (Å²) in [6.45, 7) is 9.67. The van der Waals surface area contributed by atoms with E-state index in [9.17, 15) is 4.79 Å². The molecular weight excluding hydrogens is 300 g/mol. The summed E-state index contributed by atoms with van der Waals surface area (Å²) in [6.07, 6.45) is -0.476. The van der Waals surface area contributed by atoms with Gasteiger partial charge in [0, 0.05) is 20.1 Å². The molecule has 0 saturated heterocycles. The van der Waals surface area contributed by atoms with Crippen molar-refractivity contribution in [2.24, 2.45) is 0 Å². The molecule has 0 heterocycles. The molecule has 1 amide bonds. The zero-order chi connectivity index (χ0) is 16.0. The molecule has 0 fully saturated rings. The molecule has 1 atom stereocenters. The third-order valence-electron chi connectivity index (χ3n) is 3.60. The molecular formula is C17H29ClN2O2. The van der Waals surface area contributed by atoms with Crippen molar-refractivity contribution in [2.75, 3.05) is 27.2 Å². The number of carbonyl (C=O) groups is 1. The standard InChI is InChI=1S/C17H28N2O2.ClH/c1-12(2)16-8-7-15(11-13(16)3)21-14(4)17(20)19(6)10-9-18-5;/h7-8,11-12,14,18H,9-10H2,1-6H3;1H. The molecule has 1 N–H and O–H groups in total. The molecule has 0 aliphatic rings. The number of halogens is 1. The third-order valence-corrected chi connectivity index (χ3v) is 3.60. The molecule has 126 valence electrons. The first-order valence-corrected chi connectivity index (χ1v) is 7.53. The molecule has 1 aromatic carbocycles. The minimum absolute atomic E-state index is 0. The van der Waals surface area contributed by atoms with E-state index in [1.165, 1.54) is 11.1 Å². The van der Waals surface area contributed by atoms with Crippen molar-refractivity contribution in [3.8, 4) is 5.75 Å². The second-order valence-electron chi connectivity index (χ2n) is 5.80. The van der Waals surface area contributed by atoms with E-state index in [4.69, 9.17) is 4.74 Å². The molecule has 0 saturated carbocycles. The van der Waals surface area contributed by atoms with E-state index >= 15 is 0 Å². The molecule has 5 heteroatoms. The lowest BCUT2D eigenvalue weighted by Gasteiger charge is -2.22. The Morgan fingerprint density at radius 2 is 1.95 bits per heavy atom. The van der Waals surface area contributed by atoms with Crippen LogP contribution in [0.25, 0.3) is 0 Å². The fourth-order valence-electron chi connectivity index (χ4n) is 2.32. The maximum Gasteiger partial charge on any atom is 0.263 e. The average Bonchev–Trinajstić information content (AvgIpc) is 2.43. The van der Waals surface area contributed by atoms with Gasteiger partial charge in [0.1, 0.15) is 5.75 Å². The van der Waals surface area contributed by atoms with Gasteiger partial charge in [-0.25, -0.2) is 0 Å². The van der Waals surface area contributed by atoms with Crippen molar-refractivity contribution in [3.63, 3.8) is 0 Å². The van der Waals surface area contributed by atoms with E-state index in [2.05, 4.69) is 32.2 Å². The Balaban J connectivity index is 0.00000441. The van der Waals surface area contributed by atoms with Crippen LogP contribution in [0.2, 0.25) is 0 Å². The predicted molar refractivity (Wildman–Crippen MR) is 94.2 cm³/mol. The summed E-state index contributed by atoms with van der Waals surface area (Å²) in [5, 5.41) is 3.03. The minimum atomic E-state index is -0.476. The number of rotatable bonds is 7. The second kappa shape index (κ2) is 9.70. The quantitative estimate of drug-likeness (QED) is 0.836. The molecule has 0 spiro atoms. The van der Waals surface area contributed by atoms with Crippen molar-refractivity contribution in [1.82, 2.24) is 10.2 Å². The maximum absolute atomic E-state index is 12.2. The molecule has 4 nitrogen and oxygen atoms in total. The summed E-state index contributed by atoms with van der Waals surface area (Å²) in [5.41, 5.74) is 2.51. The summed E-state index contributed by atoms with van der Waals surface area (Å²) in [7, 11) is 3.67. The fraction of sp³-hybridized carbons (Fsp3) is 0.588. The number of ether oxygens (including phenoxy) is 1. The van der Waals surface area contributed by atoms with E-state index in [1.807, 2.05) is 19.2 Å². The summed E-state index contributed by atoms with van der Waals surface area (Å²) < 4.78 is 5.78. The lowest BCUT2D eigenvalue weighted by molar-refractivity contribution is -0.136. The van der Waals surface area contributed by atoms with Crippen molar-refractivity contribution in [3.05, 3.63) is 29.3 Å². The van der Waals surface area contributed by atoms with Crippen molar-refractivity contribution >= 4 is 18.3 Å². The summed E-state index contributed by atoms with van der Waals surface area (Å²) in [5.74, 6) is 1.24. The van der Waals surface area contributed by atoms with E-state index < -0.39 is 6.10 Å². The second-order valence-corrected chi connectivity index (χ2v) is 5.80. The lowest BCUT2D eigenvalue weighted by Crippen LogP contribution is -2.40. The Hall–Kier alpha value is -1.26. The zero-order valence-corrected chi connectivity index (χ0v) is 15.3. The molecule has 1 aromatic rings. The van der Waals surface area contributed by atoms with Gasteiger partial charge >= 0.3 is 0 Å². The van der Waals surface area contributed by atoms with Crippen LogP contribution in [-0.2, 0) is 4.79 Å². The van der Waals surface area contributed by atoms with Crippen LogP contribution in [0.3, 0.4) is 0 Å². The van der Waals surface area contributed by atoms with Gasteiger partial charge in [0.15, 0.2) is 6.10 Å². The monoisotopic (exact) mass is 328 g/mol. The minimum Gasteiger partial charge on any atom is -0.481 e. The van der Waals surface area contributed by atoms with Gasteiger partial charge in [0.05, 0.1) is 0 Å². The SMILES string of the molecule is CNCCN(C)C(=O)C(C)Oc1ccc(C(C)C)c(C)c1.Cl. The molecule has 0 aliphatic carbocycles. The normalized spacial score (nSPS) is 11.8. The maximum atomic E-state index is 12.2. The van der Waals surface area contributed by atoms with E-state index in [0.717, 1.165) is 12.3 Å². The van der Waals surface area contributed by atoms with Crippen LogP contribution in [-0.4, -0.2) is 44.1 Å². The number of hydrogen-bond acceptors (Lipinski definition) is 3. The molecule has 0 bridgehead atoms. The number of amides is 1. The first-order valence-electron chi connectivity index (χ1n) is 7.53. The number of nitrogens with zero attached hydrogens (tertiary/aromatic N) is 1. The number of carbonyl (C=O) groups excluding carboxylic acids is 1. The highest BCUT2D eigenvalue weighted by atomic mass is 35.5. The van der Waals surface area contributed by atoms with Gasteiger partial charge in [-0.05, 0) is 50.1 Å². The number of benzene rings is 1. The Morgan fingerprint density at radius 3 is 2.45 bits per heavy atom. The Labute approximate surface area is 140 Å². The highest BCUT2D eigenvalue weighted by Gasteiger charge is 2.19. The number of hydrogen-bond donors (Lipinski definition) is 1. The van der Waals surface area contributed by atoms with E-state index in [-0.39, 0.29) is 18.3 Å². The van der Waals surface area contributed by atoms with Crippen molar-refractivity contribution in [2.45, 2.75) is 39.7 Å². The topological polar surface area (TPSA) is 41.6 Å². The summed E-state index contributed by atoms with van der Waals surface area (Å²) in [6, 6.07) is 6.03. The van der Waals surface area contributed by atoms with Gasteiger partial charge in [0.2, 0.25) is 0 Å². The van der Waals surface area contributed by atoms with Crippen LogP contribution in [0.15, 0.2) is 18.2 Å². The Kier molecular flexibility index (Phi) is 9.14. The summed E-state index contributed by atoms with van der Waals surface area (Å²) >= 11 is 0. The molecule has 0 aromatic heterocycles. The average molecular weight is 329 g/mol. The van der Waals surface area contributed by atoms with Gasteiger partial charge in [-0.15, -0.1) is 12.4 Å². The van der Waals surface area contributed by atoms with Crippen LogP contribution < -0.4 is 10.1 Å². The van der Waals surface area contributed by atoms with Gasteiger partial charge in [-0.2, -0.15) is 0 Å². The van der Waals surface area contributed by atoms with Crippen LogP contribution in [0.5, 0.6) is 5.75 Å². The smallest absolute Gasteiger partial charge is 0.263 e. The van der Waals surface area contributed by atoms with Crippen LogP contribution in [0, 0.1) is 6.92 Å². The van der Waals surface area contributed by atoms with Crippen molar-refractivity contribution < 1.29 is 9.53 Å². The first kappa shape index (κ1) is 20.7. The predicted octanol–water partition coefficient (Wildman–Crippen LogP) is 2.99. The largest absolute Gasteiger partial charge is 0.481 e. The van der Waals surface area contributed by atoms with Gasteiger partial charge in [-0.3, -0.25) is 4.79 Å². The lowest BCUT2D eigenvalue weighted by atomic mass is 9.98. The highest BCUT2D eigenvalue weighted by molar-refractivity contribution is 5.85.